The monoisotopic (exact) mass is 466 g/mol. The predicted octanol–water partition coefficient (Wildman–Crippen LogP) is 2.48. The van der Waals surface area contributed by atoms with Crippen LogP contribution in [-0.4, -0.2) is 53.3 Å². The number of esters is 1. The smallest absolute Gasteiger partial charge is 0.326 e. The third-order valence-electron chi connectivity index (χ3n) is 4.99. The summed E-state index contributed by atoms with van der Waals surface area (Å²) in [7, 11) is 0. The van der Waals surface area contributed by atoms with Crippen molar-refractivity contribution in [1.29, 1.82) is 0 Å². The number of nitrogens with zero attached hydrogens (tertiary/aromatic N) is 3. The van der Waals surface area contributed by atoms with E-state index in [4.69, 9.17) is 14.2 Å². The highest BCUT2D eigenvalue weighted by molar-refractivity contribution is 5.96. The van der Waals surface area contributed by atoms with Gasteiger partial charge in [0.1, 0.15) is 19.7 Å². The van der Waals surface area contributed by atoms with E-state index < -0.39 is 30.4 Å². The van der Waals surface area contributed by atoms with Crippen molar-refractivity contribution in [2.24, 2.45) is 10.2 Å². The molecule has 34 heavy (non-hydrogen) atoms. The average Bonchev–Trinajstić information content (AvgIpc) is 3.11. The lowest BCUT2D eigenvalue weighted by Crippen LogP contribution is -2.45. The van der Waals surface area contributed by atoms with Gasteiger partial charge < -0.3 is 24.6 Å². The van der Waals surface area contributed by atoms with Crippen molar-refractivity contribution in [1.82, 2.24) is 9.88 Å². The molecule has 0 radical (unpaired) electrons. The fourth-order valence-electron chi connectivity index (χ4n) is 3.43. The van der Waals surface area contributed by atoms with E-state index in [0.29, 0.717) is 22.4 Å². The molecule has 2 heterocycles. The number of benzene rings is 2. The van der Waals surface area contributed by atoms with E-state index >= 15 is 0 Å². The molecule has 2 amide bonds. The minimum absolute atomic E-state index is 0.00635. The van der Waals surface area contributed by atoms with Crippen LogP contribution in [0.3, 0.4) is 0 Å². The summed E-state index contributed by atoms with van der Waals surface area (Å²) in [5, 5.41) is 21.0. The number of rotatable bonds is 7. The number of carbonyl (C=O) groups excluding carboxylic acids is 3. The van der Waals surface area contributed by atoms with Crippen molar-refractivity contribution in [2.45, 2.75) is 19.6 Å². The summed E-state index contributed by atoms with van der Waals surface area (Å²) in [4.78, 5) is 36.5. The van der Waals surface area contributed by atoms with E-state index in [-0.39, 0.29) is 31.3 Å². The number of nitrogens with one attached hydrogen (secondary N) is 1. The average molecular weight is 466 g/mol. The normalized spacial score (nSPS) is 14.8. The zero-order chi connectivity index (χ0) is 24.1. The van der Waals surface area contributed by atoms with E-state index in [2.05, 4.69) is 15.5 Å². The number of aromatic hydroxyl groups is 1. The van der Waals surface area contributed by atoms with E-state index in [1.807, 2.05) is 0 Å². The van der Waals surface area contributed by atoms with Gasteiger partial charge in [0.2, 0.25) is 12.0 Å². The molecule has 11 heteroatoms. The number of aromatic nitrogens is 1. The third-order valence-corrected chi connectivity index (χ3v) is 4.99. The Hall–Kier alpha value is -4.41. The minimum atomic E-state index is -0.912. The van der Waals surface area contributed by atoms with Crippen molar-refractivity contribution >= 4 is 34.4 Å². The van der Waals surface area contributed by atoms with Crippen molar-refractivity contribution in [3.8, 4) is 17.4 Å². The molecule has 2 N–H and O–H groups in total. The van der Waals surface area contributed by atoms with Crippen LogP contribution < -0.4 is 14.8 Å². The summed E-state index contributed by atoms with van der Waals surface area (Å²) in [6, 6.07) is 13.8. The van der Waals surface area contributed by atoms with Gasteiger partial charge in [-0.05, 0) is 25.1 Å². The molecule has 1 aliphatic heterocycles. The zero-order valence-electron chi connectivity index (χ0n) is 18.3. The Morgan fingerprint density at radius 1 is 1.15 bits per heavy atom. The number of azo groups is 1. The highest BCUT2D eigenvalue weighted by atomic mass is 16.6. The van der Waals surface area contributed by atoms with Gasteiger partial charge in [-0.1, -0.05) is 30.3 Å². The van der Waals surface area contributed by atoms with Crippen LogP contribution in [-0.2, 0) is 25.7 Å². The van der Waals surface area contributed by atoms with Crippen LogP contribution >= 0.6 is 0 Å². The highest BCUT2D eigenvalue weighted by Gasteiger charge is 2.27. The fourth-order valence-corrected chi connectivity index (χ4v) is 3.43. The third kappa shape index (κ3) is 4.82. The van der Waals surface area contributed by atoms with Gasteiger partial charge in [-0.15, -0.1) is 10.2 Å². The number of para-hydroxylation sites is 3. The molecule has 4 rings (SSSR count). The molecule has 1 aliphatic rings. The van der Waals surface area contributed by atoms with E-state index in [1.54, 1.807) is 55.5 Å². The molecule has 176 valence electrons. The Kier molecular flexibility index (Phi) is 6.72. The number of fused-ring (bicyclic) bond motifs is 2. The fraction of sp³-hybridized carbons (Fsp3) is 0.261. The predicted molar refractivity (Wildman–Crippen MR) is 119 cm³/mol. The molecule has 0 spiro atoms. The second-order valence-electron chi connectivity index (χ2n) is 7.26. The first kappa shape index (κ1) is 22.8. The first-order valence-corrected chi connectivity index (χ1v) is 10.5. The Morgan fingerprint density at radius 2 is 1.88 bits per heavy atom. The maximum absolute atomic E-state index is 12.3. The lowest BCUT2D eigenvalue weighted by Gasteiger charge is -2.25. The Morgan fingerprint density at radius 3 is 2.68 bits per heavy atom. The van der Waals surface area contributed by atoms with Gasteiger partial charge in [-0.2, -0.15) is 0 Å². The van der Waals surface area contributed by atoms with E-state index in [1.165, 1.54) is 4.57 Å². The summed E-state index contributed by atoms with van der Waals surface area (Å²) in [5.41, 5.74) is 0.553. The summed E-state index contributed by atoms with van der Waals surface area (Å²) < 4.78 is 17.4. The Bertz CT molecular complexity index is 1270. The van der Waals surface area contributed by atoms with Crippen LogP contribution in [0.15, 0.2) is 58.8 Å². The molecule has 0 unspecified atom stereocenters. The summed E-state index contributed by atoms with van der Waals surface area (Å²) >= 11 is 0. The van der Waals surface area contributed by atoms with Gasteiger partial charge in [-0.3, -0.25) is 19.0 Å². The van der Waals surface area contributed by atoms with Crippen LogP contribution in [0.1, 0.15) is 6.92 Å². The van der Waals surface area contributed by atoms with Gasteiger partial charge in [0.05, 0.1) is 12.1 Å². The molecule has 0 saturated heterocycles. The number of amides is 2. The SMILES string of the molecule is CCOC(=O)Cn1c(O)c(N=NC(=O)CNC(=O)[C@@H]2COc3ccccc3O2)c2ccccc21. The van der Waals surface area contributed by atoms with Crippen molar-refractivity contribution in [3.63, 3.8) is 0 Å². The summed E-state index contributed by atoms with van der Waals surface area (Å²) in [6.45, 7) is 1.24. The van der Waals surface area contributed by atoms with E-state index in [9.17, 15) is 19.5 Å². The highest BCUT2D eigenvalue weighted by Crippen LogP contribution is 2.38. The van der Waals surface area contributed by atoms with E-state index in [0.717, 1.165) is 0 Å². The molecule has 11 nitrogen and oxygen atoms in total. The van der Waals surface area contributed by atoms with Crippen LogP contribution in [0.4, 0.5) is 5.69 Å². The molecular formula is C23H22N4O7. The topological polar surface area (TPSA) is 141 Å². The molecular weight excluding hydrogens is 444 g/mol. The quantitative estimate of drug-likeness (QED) is 0.402. The van der Waals surface area contributed by atoms with Crippen LogP contribution in [0, 0.1) is 0 Å². The minimum Gasteiger partial charge on any atom is -0.493 e. The molecule has 0 fully saturated rings. The maximum atomic E-state index is 12.3. The maximum Gasteiger partial charge on any atom is 0.326 e. The number of hydrogen-bond acceptors (Lipinski definition) is 8. The first-order chi connectivity index (χ1) is 16.5. The van der Waals surface area contributed by atoms with Crippen molar-refractivity contribution in [3.05, 3.63) is 48.5 Å². The summed E-state index contributed by atoms with van der Waals surface area (Å²) in [5.74, 6) is -1.16. The molecule has 0 aliphatic carbocycles. The molecule has 3 aromatic rings. The van der Waals surface area contributed by atoms with Crippen molar-refractivity contribution in [2.75, 3.05) is 19.8 Å². The van der Waals surface area contributed by atoms with Gasteiger partial charge in [0.25, 0.3) is 11.8 Å². The van der Waals surface area contributed by atoms with Gasteiger partial charge in [0, 0.05) is 5.39 Å². The molecule has 1 atom stereocenters. The van der Waals surface area contributed by atoms with Crippen molar-refractivity contribution < 1.29 is 33.7 Å². The zero-order valence-corrected chi connectivity index (χ0v) is 18.3. The van der Waals surface area contributed by atoms with Gasteiger partial charge >= 0.3 is 5.97 Å². The van der Waals surface area contributed by atoms with Gasteiger partial charge in [0.15, 0.2) is 17.2 Å². The van der Waals surface area contributed by atoms with Crippen LogP contribution in [0.2, 0.25) is 0 Å². The molecule has 0 bridgehead atoms. The number of carbonyl (C=O) groups is 3. The van der Waals surface area contributed by atoms with Crippen LogP contribution in [0.5, 0.6) is 17.4 Å². The lowest BCUT2D eigenvalue weighted by atomic mass is 10.2. The molecule has 2 aromatic carbocycles. The Labute approximate surface area is 193 Å². The first-order valence-electron chi connectivity index (χ1n) is 10.5. The lowest BCUT2D eigenvalue weighted by molar-refractivity contribution is -0.143. The molecule has 0 saturated carbocycles. The second kappa shape index (κ2) is 10.0. The number of ether oxygens (including phenoxy) is 3. The van der Waals surface area contributed by atoms with Crippen LogP contribution in [0.25, 0.3) is 10.9 Å². The standard InChI is InChI=1S/C23H22N4O7/c1-2-32-20(29)12-27-15-8-4-3-7-14(15)21(23(27)31)26-25-19(28)11-24-22(30)18-13-33-16-9-5-6-10-17(16)34-18/h3-10,18,31H,2,11-13H2,1H3,(H,24,30)/t18-/m0/s1. The van der Waals surface area contributed by atoms with Gasteiger partial charge in [-0.25, -0.2) is 0 Å². The molecule has 1 aromatic heterocycles. The Balaban J connectivity index is 1.41. The number of hydrogen-bond donors (Lipinski definition) is 2. The largest absolute Gasteiger partial charge is 0.493 e. The summed E-state index contributed by atoms with van der Waals surface area (Å²) in [6.07, 6.45) is -0.912. The second-order valence-corrected chi connectivity index (χ2v) is 7.26.